The van der Waals surface area contributed by atoms with Gasteiger partial charge in [-0.1, -0.05) is 28.1 Å². The van der Waals surface area contributed by atoms with Crippen molar-refractivity contribution in [3.8, 4) is 11.4 Å². The van der Waals surface area contributed by atoms with Crippen LogP contribution in [0.5, 0.6) is 0 Å². The molecule has 5 heteroatoms. The number of halogens is 1. The van der Waals surface area contributed by atoms with E-state index in [1.165, 1.54) is 7.11 Å². The van der Waals surface area contributed by atoms with E-state index < -0.39 is 0 Å². The van der Waals surface area contributed by atoms with Gasteiger partial charge >= 0.3 is 5.97 Å². The lowest BCUT2D eigenvalue weighted by molar-refractivity contribution is 0.0601. The number of fused-ring (bicyclic) bond motifs is 1. The van der Waals surface area contributed by atoms with Gasteiger partial charge in [-0.05, 0) is 30.3 Å². The highest BCUT2D eigenvalue weighted by atomic mass is 79.9. The van der Waals surface area contributed by atoms with Crippen molar-refractivity contribution in [2.75, 3.05) is 7.11 Å². The first kappa shape index (κ1) is 12.9. The summed E-state index contributed by atoms with van der Waals surface area (Å²) in [7, 11) is 1.37. The molecule has 1 N–H and O–H groups in total. The van der Waals surface area contributed by atoms with E-state index in [1.807, 2.05) is 24.3 Å². The molecule has 1 heterocycles. The SMILES string of the molecule is COC(=O)c1ccc2nc(-c3cccc(Br)c3)[nH]c2c1. The maximum absolute atomic E-state index is 11.5. The number of carbonyl (C=O) groups is 1. The molecule has 2 aromatic carbocycles. The van der Waals surface area contributed by atoms with Gasteiger partial charge < -0.3 is 9.72 Å². The number of imidazole rings is 1. The molecule has 0 bridgehead atoms. The molecule has 0 radical (unpaired) electrons. The van der Waals surface area contributed by atoms with Crippen LogP contribution >= 0.6 is 15.9 Å². The van der Waals surface area contributed by atoms with Crippen LogP contribution in [-0.4, -0.2) is 23.0 Å². The van der Waals surface area contributed by atoms with Crippen molar-refractivity contribution in [2.45, 2.75) is 0 Å². The summed E-state index contributed by atoms with van der Waals surface area (Å²) in [4.78, 5) is 19.3. The van der Waals surface area contributed by atoms with E-state index >= 15 is 0 Å². The van der Waals surface area contributed by atoms with E-state index in [2.05, 4.69) is 25.9 Å². The number of esters is 1. The van der Waals surface area contributed by atoms with Crippen LogP contribution in [0.2, 0.25) is 0 Å². The number of benzene rings is 2. The van der Waals surface area contributed by atoms with Crippen molar-refractivity contribution in [3.63, 3.8) is 0 Å². The second-order valence-corrected chi connectivity index (χ2v) is 5.23. The molecule has 0 fully saturated rings. The number of aromatic nitrogens is 2. The molecule has 1 aromatic heterocycles. The number of nitrogens with one attached hydrogen (secondary N) is 1. The zero-order chi connectivity index (χ0) is 14.1. The molecule has 0 spiro atoms. The minimum absolute atomic E-state index is 0.356. The number of rotatable bonds is 2. The van der Waals surface area contributed by atoms with Gasteiger partial charge in [0.15, 0.2) is 0 Å². The number of methoxy groups -OCH3 is 1. The second kappa shape index (κ2) is 5.09. The normalized spacial score (nSPS) is 10.7. The zero-order valence-electron chi connectivity index (χ0n) is 10.7. The van der Waals surface area contributed by atoms with Gasteiger partial charge in [-0.15, -0.1) is 0 Å². The molecule has 0 aliphatic rings. The Morgan fingerprint density at radius 1 is 1.25 bits per heavy atom. The van der Waals surface area contributed by atoms with Crippen molar-refractivity contribution >= 4 is 32.9 Å². The summed E-state index contributed by atoms with van der Waals surface area (Å²) < 4.78 is 5.70. The van der Waals surface area contributed by atoms with E-state index in [9.17, 15) is 4.79 Å². The standard InChI is InChI=1S/C15H11BrN2O2/c1-20-15(19)10-5-6-12-13(8-10)18-14(17-12)9-3-2-4-11(16)7-9/h2-8H,1H3,(H,17,18). The van der Waals surface area contributed by atoms with Crippen molar-refractivity contribution in [1.82, 2.24) is 9.97 Å². The van der Waals surface area contributed by atoms with Crippen molar-refractivity contribution < 1.29 is 9.53 Å². The van der Waals surface area contributed by atoms with E-state index in [0.29, 0.717) is 5.56 Å². The van der Waals surface area contributed by atoms with E-state index in [0.717, 1.165) is 26.9 Å². The van der Waals surface area contributed by atoms with Crippen LogP contribution in [-0.2, 0) is 4.74 Å². The molecule has 0 saturated heterocycles. The van der Waals surface area contributed by atoms with Gasteiger partial charge in [-0.2, -0.15) is 0 Å². The molecule has 3 rings (SSSR count). The van der Waals surface area contributed by atoms with Crippen LogP contribution in [0, 0.1) is 0 Å². The highest BCUT2D eigenvalue weighted by molar-refractivity contribution is 9.10. The van der Waals surface area contributed by atoms with Crippen molar-refractivity contribution in [3.05, 3.63) is 52.5 Å². The molecular formula is C15H11BrN2O2. The Hall–Kier alpha value is -2.14. The third-order valence-electron chi connectivity index (χ3n) is 3.00. The van der Waals surface area contributed by atoms with Gasteiger partial charge in [0.2, 0.25) is 0 Å². The van der Waals surface area contributed by atoms with Crippen LogP contribution in [0.25, 0.3) is 22.4 Å². The summed E-state index contributed by atoms with van der Waals surface area (Å²) >= 11 is 3.44. The molecule has 0 amide bonds. The summed E-state index contributed by atoms with van der Waals surface area (Å²) in [6.07, 6.45) is 0. The highest BCUT2D eigenvalue weighted by Crippen LogP contribution is 2.23. The van der Waals surface area contributed by atoms with Crippen molar-refractivity contribution in [2.24, 2.45) is 0 Å². The quantitative estimate of drug-likeness (QED) is 0.727. The molecule has 0 aliphatic carbocycles. The average molecular weight is 331 g/mol. The number of hydrogen-bond donors (Lipinski definition) is 1. The van der Waals surface area contributed by atoms with Crippen LogP contribution in [0.1, 0.15) is 10.4 Å². The van der Waals surface area contributed by atoms with Gasteiger partial charge in [0, 0.05) is 10.0 Å². The first-order valence-corrected chi connectivity index (χ1v) is 6.81. The topological polar surface area (TPSA) is 55.0 Å². The van der Waals surface area contributed by atoms with Gasteiger partial charge in [0.05, 0.1) is 23.7 Å². The Bertz CT molecular complexity index is 795. The van der Waals surface area contributed by atoms with Crippen LogP contribution in [0.4, 0.5) is 0 Å². The Labute approximate surface area is 123 Å². The maximum Gasteiger partial charge on any atom is 0.337 e. The number of aromatic amines is 1. The summed E-state index contributed by atoms with van der Waals surface area (Å²) in [6, 6.07) is 13.1. The minimum Gasteiger partial charge on any atom is -0.465 e. The number of hydrogen-bond acceptors (Lipinski definition) is 3. The van der Waals surface area contributed by atoms with Crippen LogP contribution in [0.3, 0.4) is 0 Å². The smallest absolute Gasteiger partial charge is 0.337 e. The Kier molecular flexibility index (Phi) is 3.28. The fourth-order valence-corrected chi connectivity index (χ4v) is 2.43. The molecule has 100 valence electrons. The Morgan fingerprint density at radius 2 is 2.10 bits per heavy atom. The van der Waals surface area contributed by atoms with Crippen LogP contribution in [0.15, 0.2) is 46.9 Å². The van der Waals surface area contributed by atoms with Gasteiger partial charge in [0.1, 0.15) is 5.82 Å². The molecule has 20 heavy (non-hydrogen) atoms. The second-order valence-electron chi connectivity index (χ2n) is 4.32. The lowest BCUT2D eigenvalue weighted by Gasteiger charge is -1.97. The summed E-state index contributed by atoms with van der Waals surface area (Å²) in [6.45, 7) is 0. The lowest BCUT2D eigenvalue weighted by atomic mass is 10.2. The predicted molar refractivity (Wildman–Crippen MR) is 80.6 cm³/mol. The van der Waals surface area contributed by atoms with Gasteiger partial charge in [-0.25, -0.2) is 9.78 Å². The lowest BCUT2D eigenvalue weighted by Crippen LogP contribution is -2.00. The third kappa shape index (κ3) is 2.32. The molecule has 3 aromatic rings. The Morgan fingerprint density at radius 3 is 2.85 bits per heavy atom. The summed E-state index contributed by atoms with van der Waals surface area (Å²) in [5.74, 6) is 0.411. The van der Waals surface area contributed by atoms with Crippen molar-refractivity contribution in [1.29, 1.82) is 0 Å². The molecule has 0 saturated carbocycles. The van der Waals surface area contributed by atoms with E-state index in [4.69, 9.17) is 4.74 Å². The number of carbonyl (C=O) groups excluding carboxylic acids is 1. The molecular weight excluding hydrogens is 320 g/mol. The molecule has 0 unspecified atom stereocenters. The van der Waals surface area contributed by atoms with Crippen LogP contribution < -0.4 is 0 Å². The third-order valence-corrected chi connectivity index (χ3v) is 3.49. The minimum atomic E-state index is -0.356. The predicted octanol–water partition coefficient (Wildman–Crippen LogP) is 3.78. The Balaban J connectivity index is 2.09. The fraction of sp³-hybridized carbons (Fsp3) is 0.0667. The number of H-pyrrole nitrogens is 1. The molecule has 4 nitrogen and oxygen atoms in total. The maximum atomic E-state index is 11.5. The van der Waals surface area contributed by atoms with Gasteiger partial charge in [0.25, 0.3) is 0 Å². The first-order valence-electron chi connectivity index (χ1n) is 6.01. The van der Waals surface area contributed by atoms with E-state index in [-0.39, 0.29) is 5.97 Å². The fourth-order valence-electron chi connectivity index (χ4n) is 2.03. The zero-order valence-corrected chi connectivity index (χ0v) is 12.3. The van der Waals surface area contributed by atoms with Gasteiger partial charge in [-0.3, -0.25) is 0 Å². The summed E-state index contributed by atoms with van der Waals surface area (Å²) in [5, 5.41) is 0. The number of ether oxygens (including phenoxy) is 1. The molecule has 0 aliphatic heterocycles. The largest absolute Gasteiger partial charge is 0.465 e. The monoisotopic (exact) mass is 330 g/mol. The highest BCUT2D eigenvalue weighted by Gasteiger charge is 2.10. The first-order chi connectivity index (χ1) is 9.67. The number of nitrogens with zero attached hydrogens (tertiary/aromatic N) is 1. The molecule has 0 atom stereocenters. The average Bonchev–Trinajstić information content (AvgIpc) is 2.89. The van der Waals surface area contributed by atoms with E-state index in [1.54, 1.807) is 18.2 Å². The summed E-state index contributed by atoms with van der Waals surface area (Å²) in [5.41, 5.74) is 3.11.